The van der Waals surface area contributed by atoms with Crippen molar-refractivity contribution in [3.8, 4) is 5.75 Å². The number of fused-ring (bicyclic) bond motifs is 1. The maximum Gasteiger partial charge on any atom is 0.336 e. The Hall–Kier alpha value is -2.97. The first-order chi connectivity index (χ1) is 15.6. The van der Waals surface area contributed by atoms with Gasteiger partial charge >= 0.3 is 11.6 Å². The van der Waals surface area contributed by atoms with Crippen LogP contribution in [0.3, 0.4) is 0 Å². The standard InChI is InChI=1S/C25H29NO6S/c1-6-17(5)24(26-33(29,30)19-10-8-15(3)9-11-19)25(28)32-21-13-16(4)12-20-23(21)18(7-2)14-22(27)31-20/h8-14,17,24,26H,6-7H2,1-5H3/t17-,24-/m1/s1. The molecule has 0 aliphatic heterocycles. The summed E-state index contributed by atoms with van der Waals surface area (Å²) in [6, 6.07) is 10.1. The highest BCUT2D eigenvalue weighted by atomic mass is 32.2. The maximum atomic E-state index is 13.3. The minimum Gasteiger partial charge on any atom is -0.425 e. The van der Waals surface area contributed by atoms with Crippen molar-refractivity contribution in [2.24, 2.45) is 5.92 Å². The van der Waals surface area contributed by atoms with Crippen LogP contribution in [0.5, 0.6) is 5.75 Å². The Kier molecular flexibility index (Phi) is 7.39. The van der Waals surface area contributed by atoms with Crippen LogP contribution in [0, 0.1) is 19.8 Å². The zero-order chi connectivity index (χ0) is 24.3. The third-order valence-electron chi connectivity index (χ3n) is 5.71. The molecule has 0 aliphatic rings. The second kappa shape index (κ2) is 9.89. The van der Waals surface area contributed by atoms with Crippen LogP contribution in [0.4, 0.5) is 0 Å². The summed E-state index contributed by atoms with van der Waals surface area (Å²) in [7, 11) is -3.95. The van der Waals surface area contributed by atoms with E-state index in [0.717, 1.165) is 11.1 Å². The Morgan fingerprint density at radius 1 is 1.06 bits per heavy atom. The molecule has 1 N–H and O–H groups in total. The highest BCUT2D eigenvalue weighted by molar-refractivity contribution is 7.89. The van der Waals surface area contributed by atoms with Gasteiger partial charge in [0, 0.05) is 6.07 Å². The van der Waals surface area contributed by atoms with Crippen molar-refractivity contribution in [3.63, 3.8) is 0 Å². The summed E-state index contributed by atoms with van der Waals surface area (Å²) in [6.45, 7) is 9.20. The second-order valence-corrected chi connectivity index (χ2v) is 10.0. The molecule has 33 heavy (non-hydrogen) atoms. The smallest absolute Gasteiger partial charge is 0.336 e. The Balaban J connectivity index is 2.00. The van der Waals surface area contributed by atoms with Crippen LogP contribution < -0.4 is 15.1 Å². The summed E-state index contributed by atoms with van der Waals surface area (Å²) < 4.78 is 39.5. The number of aryl methyl sites for hydroxylation is 3. The molecule has 8 heteroatoms. The van der Waals surface area contributed by atoms with Gasteiger partial charge in [0.05, 0.1) is 10.3 Å². The fraction of sp³-hybridized carbons (Fsp3) is 0.360. The molecule has 0 bridgehead atoms. The summed E-state index contributed by atoms with van der Waals surface area (Å²) in [5, 5.41) is 0.528. The van der Waals surface area contributed by atoms with Gasteiger partial charge in [-0.25, -0.2) is 18.0 Å². The van der Waals surface area contributed by atoms with Gasteiger partial charge in [-0.3, -0.25) is 0 Å². The number of rotatable bonds is 8. The topological polar surface area (TPSA) is 103 Å². The summed E-state index contributed by atoms with van der Waals surface area (Å²) in [6.07, 6.45) is 1.09. The summed E-state index contributed by atoms with van der Waals surface area (Å²) in [4.78, 5) is 25.2. The number of hydrogen-bond acceptors (Lipinski definition) is 6. The van der Waals surface area contributed by atoms with Crippen molar-refractivity contribution < 1.29 is 22.4 Å². The molecule has 176 valence electrons. The molecular weight excluding hydrogens is 442 g/mol. The lowest BCUT2D eigenvalue weighted by Gasteiger charge is -2.23. The van der Waals surface area contributed by atoms with Crippen LogP contribution in [-0.2, 0) is 21.2 Å². The lowest BCUT2D eigenvalue weighted by atomic mass is 10.00. The van der Waals surface area contributed by atoms with Crippen LogP contribution in [-0.4, -0.2) is 20.4 Å². The normalized spacial score (nSPS) is 13.6. The maximum absolute atomic E-state index is 13.3. The zero-order valence-corrected chi connectivity index (χ0v) is 20.3. The molecule has 2 aromatic carbocycles. The number of benzene rings is 2. The first-order valence-electron chi connectivity index (χ1n) is 10.9. The fourth-order valence-corrected chi connectivity index (χ4v) is 4.88. The first-order valence-corrected chi connectivity index (χ1v) is 12.4. The fourth-order valence-electron chi connectivity index (χ4n) is 3.59. The van der Waals surface area contributed by atoms with E-state index >= 15 is 0 Å². The SMILES string of the molecule is CCc1cc(=O)oc2cc(C)cc(OC(=O)[C@H](NS(=O)(=O)c3ccc(C)cc3)[C@H](C)CC)c12. The molecule has 7 nitrogen and oxygen atoms in total. The first kappa shape index (κ1) is 24.7. The van der Waals surface area contributed by atoms with E-state index in [1.54, 1.807) is 38.1 Å². The van der Waals surface area contributed by atoms with Crippen LogP contribution in [0.1, 0.15) is 43.9 Å². The molecule has 0 unspecified atom stereocenters. The molecule has 3 aromatic rings. The molecule has 0 aliphatic carbocycles. The number of nitrogens with one attached hydrogen (secondary N) is 1. The van der Waals surface area contributed by atoms with Gasteiger partial charge in [-0.1, -0.05) is 44.9 Å². The predicted octanol–water partition coefficient (Wildman–Crippen LogP) is 4.27. The summed E-state index contributed by atoms with van der Waals surface area (Å²) in [5.74, 6) is -0.809. The predicted molar refractivity (Wildman–Crippen MR) is 127 cm³/mol. The monoisotopic (exact) mass is 471 g/mol. The lowest BCUT2D eigenvalue weighted by Crippen LogP contribution is -2.47. The number of sulfonamides is 1. The van der Waals surface area contributed by atoms with E-state index in [9.17, 15) is 18.0 Å². The second-order valence-electron chi connectivity index (χ2n) is 8.30. The Morgan fingerprint density at radius 3 is 2.33 bits per heavy atom. The van der Waals surface area contributed by atoms with E-state index in [-0.39, 0.29) is 16.6 Å². The quantitative estimate of drug-likeness (QED) is 0.299. The number of esters is 1. The van der Waals surface area contributed by atoms with E-state index in [2.05, 4.69) is 4.72 Å². The average molecular weight is 472 g/mol. The molecule has 1 heterocycles. The largest absolute Gasteiger partial charge is 0.425 e. The number of carbonyl (C=O) groups is 1. The Morgan fingerprint density at radius 2 is 1.73 bits per heavy atom. The van der Waals surface area contributed by atoms with Crippen molar-refractivity contribution in [2.75, 3.05) is 0 Å². The minimum absolute atomic E-state index is 0.0743. The molecular formula is C25H29NO6S. The molecule has 0 saturated carbocycles. The van der Waals surface area contributed by atoms with Crippen LogP contribution >= 0.6 is 0 Å². The van der Waals surface area contributed by atoms with Gasteiger partial charge in [0.15, 0.2) is 0 Å². The van der Waals surface area contributed by atoms with Gasteiger partial charge in [-0.05, 0) is 61.6 Å². The van der Waals surface area contributed by atoms with Gasteiger partial charge in [0.25, 0.3) is 0 Å². The minimum atomic E-state index is -3.95. The van der Waals surface area contributed by atoms with Gasteiger partial charge in [0.1, 0.15) is 17.4 Å². The van der Waals surface area contributed by atoms with Gasteiger partial charge in [-0.15, -0.1) is 0 Å². The number of hydrogen-bond donors (Lipinski definition) is 1. The highest BCUT2D eigenvalue weighted by Gasteiger charge is 2.32. The molecule has 3 rings (SSSR count). The van der Waals surface area contributed by atoms with Crippen LogP contribution in [0.25, 0.3) is 11.0 Å². The number of carbonyl (C=O) groups excluding carboxylic acids is 1. The molecule has 2 atom stereocenters. The lowest BCUT2D eigenvalue weighted by molar-refractivity contribution is -0.137. The zero-order valence-electron chi connectivity index (χ0n) is 19.5. The van der Waals surface area contributed by atoms with Crippen molar-refractivity contribution in [1.29, 1.82) is 0 Å². The van der Waals surface area contributed by atoms with Gasteiger partial charge in [-0.2, -0.15) is 4.72 Å². The Labute approximate surface area is 193 Å². The van der Waals surface area contributed by atoms with Crippen LogP contribution in [0.15, 0.2) is 56.6 Å². The van der Waals surface area contributed by atoms with E-state index in [1.165, 1.54) is 18.2 Å². The number of ether oxygens (including phenoxy) is 1. The highest BCUT2D eigenvalue weighted by Crippen LogP contribution is 2.31. The van der Waals surface area contributed by atoms with Crippen molar-refractivity contribution >= 4 is 27.0 Å². The average Bonchev–Trinajstić information content (AvgIpc) is 2.76. The van der Waals surface area contributed by atoms with Crippen molar-refractivity contribution in [1.82, 2.24) is 4.72 Å². The van der Waals surface area contributed by atoms with E-state index in [0.29, 0.717) is 29.4 Å². The van der Waals surface area contributed by atoms with E-state index in [4.69, 9.17) is 9.15 Å². The molecule has 0 amide bonds. The van der Waals surface area contributed by atoms with Crippen molar-refractivity contribution in [3.05, 3.63) is 69.6 Å². The summed E-state index contributed by atoms with van der Waals surface area (Å²) >= 11 is 0. The molecule has 0 saturated heterocycles. The van der Waals surface area contributed by atoms with E-state index in [1.807, 2.05) is 20.8 Å². The molecule has 0 spiro atoms. The molecule has 1 aromatic heterocycles. The third-order valence-corrected chi connectivity index (χ3v) is 7.16. The third kappa shape index (κ3) is 5.51. The Bertz CT molecular complexity index is 1330. The summed E-state index contributed by atoms with van der Waals surface area (Å²) in [5.41, 5.74) is 2.19. The van der Waals surface area contributed by atoms with Gasteiger partial charge in [0.2, 0.25) is 10.0 Å². The van der Waals surface area contributed by atoms with Gasteiger partial charge < -0.3 is 9.15 Å². The van der Waals surface area contributed by atoms with Crippen molar-refractivity contribution in [2.45, 2.75) is 58.4 Å². The van der Waals surface area contributed by atoms with Crippen LogP contribution in [0.2, 0.25) is 0 Å². The molecule has 0 radical (unpaired) electrons. The molecule has 0 fully saturated rings. The van der Waals surface area contributed by atoms with E-state index < -0.39 is 27.7 Å².